The fourth-order valence-corrected chi connectivity index (χ4v) is 1.18. The zero-order chi connectivity index (χ0) is 10.6. The summed E-state index contributed by atoms with van der Waals surface area (Å²) in [5.74, 6) is -0.203. The van der Waals surface area contributed by atoms with E-state index in [4.69, 9.17) is 5.53 Å². The van der Waals surface area contributed by atoms with Crippen LogP contribution in [0.2, 0.25) is 0 Å². The molecule has 1 rings (SSSR count). The van der Waals surface area contributed by atoms with Crippen LogP contribution in [-0.4, -0.2) is 54.8 Å². The Hall–Kier alpha value is -1.75. The summed E-state index contributed by atoms with van der Waals surface area (Å²) in [7, 11) is 1.59. The van der Waals surface area contributed by atoms with E-state index in [-0.39, 0.29) is 31.4 Å². The minimum Gasteiger partial charge on any atom is -0.335 e. The number of carbonyl (C=O) groups excluding carboxylic acids is 2. The van der Waals surface area contributed by atoms with Crippen LogP contribution >= 0.6 is 0 Å². The van der Waals surface area contributed by atoms with Gasteiger partial charge < -0.3 is 9.80 Å². The standard InChI is InChI=1S/C7H11N5O2/c1-11-4-7(14)12(5-6(11)13)3-2-9-10-8/h2-5H2,1H3. The maximum Gasteiger partial charge on any atom is 0.242 e. The number of hydrogen-bond acceptors (Lipinski definition) is 3. The minimum atomic E-state index is -0.111. The van der Waals surface area contributed by atoms with Crippen molar-refractivity contribution >= 4 is 11.8 Å². The third kappa shape index (κ3) is 2.37. The van der Waals surface area contributed by atoms with E-state index >= 15 is 0 Å². The predicted octanol–water partition coefficient (Wildman–Crippen LogP) is -0.403. The predicted molar refractivity (Wildman–Crippen MR) is 48.2 cm³/mol. The van der Waals surface area contributed by atoms with Gasteiger partial charge in [-0.3, -0.25) is 9.59 Å². The van der Waals surface area contributed by atoms with Crippen molar-refractivity contribution < 1.29 is 9.59 Å². The van der Waals surface area contributed by atoms with E-state index in [9.17, 15) is 9.59 Å². The fourth-order valence-electron chi connectivity index (χ4n) is 1.18. The second-order valence-corrected chi connectivity index (χ2v) is 3.02. The normalized spacial score (nSPS) is 16.9. The van der Waals surface area contributed by atoms with Crippen LogP contribution in [0.15, 0.2) is 5.11 Å². The summed E-state index contributed by atoms with van der Waals surface area (Å²) in [6.45, 7) is 0.701. The summed E-state index contributed by atoms with van der Waals surface area (Å²) in [6, 6.07) is 0. The van der Waals surface area contributed by atoms with Gasteiger partial charge >= 0.3 is 0 Å². The average Bonchev–Trinajstić information content (AvgIpc) is 2.14. The second-order valence-electron chi connectivity index (χ2n) is 3.02. The molecule has 1 aliphatic rings. The largest absolute Gasteiger partial charge is 0.335 e. The Morgan fingerprint density at radius 2 is 2.14 bits per heavy atom. The summed E-state index contributed by atoms with van der Waals surface area (Å²) >= 11 is 0. The quantitative estimate of drug-likeness (QED) is 0.350. The molecular weight excluding hydrogens is 186 g/mol. The number of amides is 2. The fraction of sp³-hybridized carbons (Fsp3) is 0.714. The second kappa shape index (κ2) is 4.48. The summed E-state index contributed by atoms with van der Waals surface area (Å²) in [6.07, 6.45) is 0. The van der Waals surface area contributed by atoms with Crippen molar-refractivity contribution in [3.8, 4) is 0 Å². The van der Waals surface area contributed by atoms with Gasteiger partial charge in [0.1, 0.15) is 0 Å². The van der Waals surface area contributed by atoms with E-state index in [1.54, 1.807) is 7.05 Å². The maximum atomic E-state index is 11.3. The van der Waals surface area contributed by atoms with Gasteiger partial charge in [-0.1, -0.05) is 5.11 Å². The molecule has 0 atom stereocenters. The zero-order valence-corrected chi connectivity index (χ0v) is 7.88. The number of nitrogens with zero attached hydrogens (tertiary/aromatic N) is 5. The van der Waals surface area contributed by atoms with E-state index in [0.717, 1.165) is 0 Å². The third-order valence-corrected chi connectivity index (χ3v) is 2.01. The average molecular weight is 197 g/mol. The molecule has 1 fully saturated rings. The van der Waals surface area contributed by atoms with Gasteiger partial charge in [0, 0.05) is 25.0 Å². The molecule has 0 unspecified atom stereocenters. The zero-order valence-electron chi connectivity index (χ0n) is 7.88. The molecule has 2 amide bonds. The lowest BCUT2D eigenvalue weighted by Gasteiger charge is -2.31. The van der Waals surface area contributed by atoms with E-state index in [1.165, 1.54) is 9.80 Å². The lowest BCUT2D eigenvalue weighted by Crippen LogP contribution is -2.52. The highest BCUT2D eigenvalue weighted by atomic mass is 16.2. The van der Waals surface area contributed by atoms with Crippen LogP contribution in [0.1, 0.15) is 0 Å². The minimum absolute atomic E-state index is 0.0796. The Balaban J connectivity index is 2.49. The smallest absolute Gasteiger partial charge is 0.242 e. The first kappa shape index (κ1) is 10.3. The van der Waals surface area contributed by atoms with Crippen molar-refractivity contribution in [3.05, 3.63) is 10.4 Å². The van der Waals surface area contributed by atoms with Crippen molar-refractivity contribution in [1.29, 1.82) is 0 Å². The van der Waals surface area contributed by atoms with Crippen molar-refractivity contribution in [2.45, 2.75) is 0 Å². The first-order chi connectivity index (χ1) is 6.65. The number of hydrogen-bond donors (Lipinski definition) is 0. The molecule has 0 N–H and O–H groups in total. The molecule has 0 radical (unpaired) electrons. The third-order valence-electron chi connectivity index (χ3n) is 2.01. The van der Waals surface area contributed by atoms with Gasteiger partial charge in [-0.05, 0) is 5.53 Å². The van der Waals surface area contributed by atoms with Crippen LogP contribution in [0.25, 0.3) is 10.4 Å². The van der Waals surface area contributed by atoms with Crippen LogP contribution in [0.4, 0.5) is 0 Å². The lowest BCUT2D eigenvalue weighted by atomic mass is 10.3. The van der Waals surface area contributed by atoms with E-state index in [2.05, 4.69) is 10.0 Å². The molecule has 76 valence electrons. The first-order valence-corrected chi connectivity index (χ1v) is 4.17. The van der Waals surface area contributed by atoms with Gasteiger partial charge in [-0.25, -0.2) is 0 Å². The summed E-state index contributed by atoms with van der Waals surface area (Å²) in [5, 5.41) is 3.31. The Labute approximate surface area is 80.9 Å². The molecule has 1 heterocycles. The highest BCUT2D eigenvalue weighted by molar-refractivity contribution is 5.92. The Bertz CT molecular complexity index is 296. The number of azide groups is 1. The van der Waals surface area contributed by atoms with Crippen LogP contribution < -0.4 is 0 Å². The first-order valence-electron chi connectivity index (χ1n) is 4.17. The van der Waals surface area contributed by atoms with Gasteiger partial charge in [0.2, 0.25) is 11.8 Å². The van der Waals surface area contributed by atoms with Gasteiger partial charge in [-0.15, -0.1) is 0 Å². The Morgan fingerprint density at radius 3 is 2.79 bits per heavy atom. The molecule has 0 aromatic heterocycles. The molecule has 7 nitrogen and oxygen atoms in total. The molecule has 0 bridgehead atoms. The number of piperazine rings is 1. The van der Waals surface area contributed by atoms with Crippen LogP contribution in [0, 0.1) is 0 Å². The Morgan fingerprint density at radius 1 is 1.43 bits per heavy atom. The molecule has 7 heteroatoms. The molecule has 0 spiro atoms. The summed E-state index contributed by atoms with van der Waals surface area (Å²) in [4.78, 5) is 27.9. The molecule has 1 aliphatic heterocycles. The van der Waals surface area contributed by atoms with Crippen molar-refractivity contribution in [3.63, 3.8) is 0 Å². The summed E-state index contributed by atoms with van der Waals surface area (Å²) < 4.78 is 0. The monoisotopic (exact) mass is 197 g/mol. The van der Waals surface area contributed by atoms with Gasteiger partial charge in [0.15, 0.2) is 0 Å². The maximum absolute atomic E-state index is 11.3. The molecular formula is C7H11N5O2. The molecule has 0 saturated carbocycles. The summed E-state index contributed by atoms with van der Waals surface area (Å²) in [5.41, 5.74) is 8.04. The van der Waals surface area contributed by atoms with Crippen LogP contribution in [-0.2, 0) is 9.59 Å². The highest BCUT2D eigenvalue weighted by Crippen LogP contribution is 2.01. The van der Waals surface area contributed by atoms with Gasteiger partial charge in [0.25, 0.3) is 0 Å². The molecule has 0 aromatic carbocycles. The number of likely N-dealkylation sites (N-methyl/N-ethyl adjacent to an activating group) is 1. The van der Waals surface area contributed by atoms with Crippen LogP contribution in [0.3, 0.4) is 0 Å². The van der Waals surface area contributed by atoms with E-state index in [1.807, 2.05) is 0 Å². The van der Waals surface area contributed by atoms with E-state index < -0.39 is 0 Å². The van der Waals surface area contributed by atoms with E-state index in [0.29, 0.717) is 6.54 Å². The molecule has 0 aliphatic carbocycles. The van der Waals surface area contributed by atoms with Crippen molar-refractivity contribution in [2.75, 3.05) is 33.2 Å². The molecule has 1 saturated heterocycles. The van der Waals surface area contributed by atoms with Crippen LogP contribution in [0.5, 0.6) is 0 Å². The molecule has 0 aromatic rings. The number of rotatable bonds is 3. The van der Waals surface area contributed by atoms with Gasteiger partial charge in [-0.2, -0.15) is 0 Å². The Kier molecular flexibility index (Phi) is 3.30. The van der Waals surface area contributed by atoms with Crippen molar-refractivity contribution in [1.82, 2.24) is 9.80 Å². The molecule has 14 heavy (non-hydrogen) atoms. The topological polar surface area (TPSA) is 89.4 Å². The highest BCUT2D eigenvalue weighted by Gasteiger charge is 2.26. The van der Waals surface area contributed by atoms with Gasteiger partial charge in [0.05, 0.1) is 13.1 Å². The van der Waals surface area contributed by atoms with Crippen molar-refractivity contribution in [2.24, 2.45) is 5.11 Å². The SMILES string of the molecule is CN1CC(=O)N(CCN=[N+]=[N-])CC1=O. The number of carbonyl (C=O) groups is 2. The lowest BCUT2D eigenvalue weighted by molar-refractivity contribution is -0.148.